The summed E-state index contributed by atoms with van der Waals surface area (Å²) >= 11 is 0. The summed E-state index contributed by atoms with van der Waals surface area (Å²) in [4.78, 5) is 25.6. The number of hydrogen-bond acceptors (Lipinski definition) is 4. The molecule has 0 aromatic heterocycles. The molecule has 0 bridgehead atoms. The van der Waals surface area contributed by atoms with Gasteiger partial charge >= 0.3 is 5.97 Å². The first kappa shape index (κ1) is 18.4. The van der Waals surface area contributed by atoms with E-state index in [1.54, 1.807) is 19.1 Å². The van der Waals surface area contributed by atoms with Crippen molar-refractivity contribution in [2.75, 3.05) is 6.61 Å². The monoisotopic (exact) mass is 357 g/mol. The van der Waals surface area contributed by atoms with Crippen molar-refractivity contribution in [3.63, 3.8) is 0 Å². The first-order valence-electron chi connectivity index (χ1n) is 8.87. The molecule has 5 heteroatoms. The number of ketones is 1. The van der Waals surface area contributed by atoms with E-state index in [-0.39, 0.29) is 23.6 Å². The van der Waals surface area contributed by atoms with E-state index < -0.39 is 17.8 Å². The number of esters is 1. The van der Waals surface area contributed by atoms with Crippen molar-refractivity contribution in [1.82, 2.24) is 5.32 Å². The van der Waals surface area contributed by atoms with Crippen LogP contribution in [0.2, 0.25) is 0 Å². The standard InChI is InChI=1S/C21H24FNO3/c1-5-26-20(25)17-12(2)23-15-10-21(3,4)11-16(24)19(15)18(17)13-6-8-14(22)9-7-13/h6-9,17-18,23H,2,5,10-11H2,1,3-4H3. The molecule has 1 aliphatic carbocycles. The molecule has 0 radical (unpaired) electrons. The fourth-order valence-electron chi connectivity index (χ4n) is 3.99. The van der Waals surface area contributed by atoms with Crippen molar-refractivity contribution in [1.29, 1.82) is 0 Å². The van der Waals surface area contributed by atoms with Crippen LogP contribution < -0.4 is 5.32 Å². The van der Waals surface area contributed by atoms with Gasteiger partial charge in [0.15, 0.2) is 5.78 Å². The SMILES string of the molecule is C=C1NC2=C(C(=O)CC(C)(C)C2)C(c2ccc(F)cc2)C1C(=O)OCC. The topological polar surface area (TPSA) is 55.4 Å². The minimum Gasteiger partial charge on any atom is -0.465 e. The molecule has 0 saturated heterocycles. The van der Waals surface area contributed by atoms with Gasteiger partial charge in [-0.25, -0.2) is 4.39 Å². The predicted octanol–water partition coefficient (Wildman–Crippen LogP) is 3.85. The summed E-state index contributed by atoms with van der Waals surface area (Å²) in [5.74, 6) is -2.01. The molecule has 138 valence electrons. The van der Waals surface area contributed by atoms with Crippen molar-refractivity contribution in [2.45, 2.75) is 39.5 Å². The zero-order chi connectivity index (χ0) is 19.1. The molecule has 0 amide bonds. The minimum atomic E-state index is -0.718. The van der Waals surface area contributed by atoms with E-state index in [2.05, 4.69) is 11.9 Å². The first-order valence-corrected chi connectivity index (χ1v) is 8.87. The van der Waals surface area contributed by atoms with Crippen molar-refractivity contribution in [3.05, 3.63) is 59.2 Å². The van der Waals surface area contributed by atoms with E-state index >= 15 is 0 Å². The number of hydrogen-bond donors (Lipinski definition) is 1. The summed E-state index contributed by atoms with van der Waals surface area (Å²) < 4.78 is 18.7. The van der Waals surface area contributed by atoms with Crippen LogP contribution in [0, 0.1) is 17.2 Å². The Balaban J connectivity index is 2.15. The summed E-state index contributed by atoms with van der Waals surface area (Å²) in [6.45, 7) is 10.1. The third kappa shape index (κ3) is 3.30. The van der Waals surface area contributed by atoms with E-state index in [0.717, 1.165) is 5.70 Å². The molecule has 1 aromatic carbocycles. The molecular formula is C21H24FNO3. The Bertz CT molecular complexity index is 792. The van der Waals surface area contributed by atoms with Crippen LogP contribution in [0.4, 0.5) is 4.39 Å². The minimum absolute atomic E-state index is 0.0138. The van der Waals surface area contributed by atoms with Gasteiger partial charge in [-0.3, -0.25) is 9.59 Å². The van der Waals surface area contributed by atoms with Crippen LogP contribution in [0.25, 0.3) is 0 Å². The van der Waals surface area contributed by atoms with Gasteiger partial charge in [0.25, 0.3) is 0 Å². The van der Waals surface area contributed by atoms with Gasteiger partial charge in [0, 0.05) is 29.3 Å². The van der Waals surface area contributed by atoms with Gasteiger partial charge in [-0.2, -0.15) is 0 Å². The number of allylic oxidation sites excluding steroid dienone is 2. The third-order valence-electron chi connectivity index (χ3n) is 5.02. The van der Waals surface area contributed by atoms with Crippen molar-refractivity contribution >= 4 is 11.8 Å². The molecule has 1 aliphatic heterocycles. The summed E-state index contributed by atoms with van der Waals surface area (Å²) in [5, 5.41) is 3.19. The highest BCUT2D eigenvalue weighted by molar-refractivity contribution is 6.00. The van der Waals surface area contributed by atoms with Crippen LogP contribution in [0.3, 0.4) is 0 Å². The summed E-state index contributed by atoms with van der Waals surface area (Å²) in [6, 6.07) is 5.95. The molecule has 2 aliphatic rings. The van der Waals surface area contributed by atoms with Crippen LogP contribution in [0.1, 0.15) is 45.1 Å². The van der Waals surface area contributed by atoms with Gasteiger partial charge in [-0.15, -0.1) is 0 Å². The van der Waals surface area contributed by atoms with E-state index in [4.69, 9.17) is 4.74 Å². The zero-order valence-electron chi connectivity index (χ0n) is 15.4. The molecular weight excluding hydrogens is 333 g/mol. The first-order chi connectivity index (χ1) is 12.2. The lowest BCUT2D eigenvalue weighted by Crippen LogP contribution is -2.43. The molecule has 0 saturated carbocycles. The maximum absolute atomic E-state index is 13.4. The lowest BCUT2D eigenvalue weighted by atomic mass is 9.66. The molecule has 4 nitrogen and oxygen atoms in total. The van der Waals surface area contributed by atoms with Gasteiger partial charge in [-0.1, -0.05) is 32.6 Å². The second-order valence-electron chi connectivity index (χ2n) is 7.74. The Labute approximate surface area is 153 Å². The zero-order valence-corrected chi connectivity index (χ0v) is 15.4. The van der Waals surface area contributed by atoms with Crippen molar-refractivity contribution < 1.29 is 18.7 Å². The normalized spacial score (nSPS) is 24.8. The number of benzene rings is 1. The molecule has 1 aromatic rings. The molecule has 1 N–H and O–H groups in total. The molecule has 2 unspecified atom stereocenters. The summed E-state index contributed by atoms with van der Waals surface area (Å²) in [7, 11) is 0. The summed E-state index contributed by atoms with van der Waals surface area (Å²) in [5.41, 5.74) is 2.48. The van der Waals surface area contributed by atoms with Crippen LogP contribution in [0.5, 0.6) is 0 Å². The Morgan fingerprint density at radius 2 is 1.96 bits per heavy atom. The Morgan fingerprint density at radius 1 is 1.31 bits per heavy atom. The molecule has 1 heterocycles. The highest BCUT2D eigenvalue weighted by Crippen LogP contribution is 2.48. The molecule has 3 rings (SSSR count). The highest BCUT2D eigenvalue weighted by Gasteiger charge is 2.46. The van der Waals surface area contributed by atoms with Gasteiger partial charge < -0.3 is 10.1 Å². The number of carbonyl (C=O) groups is 2. The van der Waals surface area contributed by atoms with E-state index in [1.165, 1.54) is 12.1 Å². The molecule has 26 heavy (non-hydrogen) atoms. The van der Waals surface area contributed by atoms with Gasteiger partial charge in [0.1, 0.15) is 11.7 Å². The lowest BCUT2D eigenvalue weighted by molar-refractivity contribution is -0.147. The number of Topliss-reactive ketones (excluding diaryl/α,β-unsaturated/α-hetero) is 1. The van der Waals surface area contributed by atoms with Crippen LogP contribution in [0.15, 0.2) is 47.8 Å². The third-order valence-corrected chi connectivity index (χ3v) is 5.02. The Kier molecular flexibility index (Phi) is 4.74. The van der Waals surface area contributed by atoms with Crippen LogP contribution in [-0.2, 0) is 14.3 Å². The summed E-state index contributed by atoms with van der Waals surface area (Å²) in [6.07, 6.45) is 1.10. The number of ether oxygens (including phenoxy) is 1. The largest absolute Gasteiger partial charge is 0.465 e. The van der Waals surface area contributed by atoms with Crippen LogP contribution in [-0.4, -0.2) is 18.4 Å². The van der Waals surface area contributed by atoms with Gasteiger partial charge in [-0.05, 0) is 36.5 Å². The van der Waals surface area contributed by atoms with E-state index in [0.29, 0.717) is 29.7 Å². The van der Waals surface area contributed by atoms with E-state index in [1.807, 2.05) is 13.8 Å². The quantitative estimate of drug-likeness (QED) is 0.835. The second-order valence-corrected chi connectivity index (χ2v) is 7.74. The maximum Gasteiger partial charge on any atom is 0.315 e. The Hall–Kier alpha value is -2.43. The molecule has 2 atom stereocenters. The predicted molar refractivity (Wildman–Crippen MR) is 96.6 cm³/mol. The fourth-order valence-corrected chi connectivity index (χ4v) is 3.99. The van der Waals surface area contributed by atoms with Crippen molar-refractivity contribution in [3.8, 4) is 0 Å². The van der Waals surface area contributed by atoms with Gasteiger partial charge in [0.05, 0.1) is 6.61 Å². The van der Waals surface area contributed by atoms with Crippen LogP contribution >= 0.6 is 0 Å². The number of nitrogens with one attached hydrogen (secondary N) is 1. The second kappa shape index (κ2) is 6.71. The molecule has 0 spiro atoms. The number of rotatable bonds is 3. The average molecular weight is 357 g/mol. The average Bonchev–Trinajstić information content (AvgIpc) is 2.53. The number of carbonyl (C=O) groups excluding carboxylic acids is 2. The fraction of sp³-hybridized carbons (Fsp3) is 0.429. The van der Waals surface area contributed by atoms with Crippen molar-refractivity contribution in [2.24, 2.45) is 11.3 Å². The number of halogens is 1. The molecule has 0 fully saturated rings. The maximum atomic E-state index is 13.4. The van der Waals surface area contributed by atoms with E-state index in [9.17, 15) is 14.0 Å². The van der Waals surface area contributed by atoms with Gasteiger partial charge in [0.2, 0.25) is 0 Å². The Morgan fingerprint density at radius 3 is 2.58 bits per heavy atom. The smallest absolute Gasteiger partial charge is 0.315 e. The highest BCUT2D eigenvalue weighted by atomic mass is 19.1. The lowest BCUT2D eigenvalue weighted by Gasteiger charge is -2.42.